The lowest BCUT2D eigenvalue weighted by atomic mass is 9.76. The van der Waals surface area contributed by atoms with Gasteiger partial charge in [-0.15, -0.1) is 0 Å². The predicted molar refractivity (Wildman–Crippen MR) is 126 cm³/mol. The van der Waals surface area contributed by atoms with Crippen LogP contribution in [0.4, 0.5) is 4.79 Å². The normalized spacial score (nSPS) is 18.7. The van der Waals surface area contributed by atoms with Crippen molar-refractivity contribution in [2.75, 3.05) is 13.2 Å². The van der Waals surface area contributed by atoms with E-state index < -0.39 is 17.6 Å². The molecule has 2 aromatic rings. The number of alkyl carbamates (subject to hydrolysis) is 1. The second-order valence-corrected chi connectivity index (χ2v) is 9.80. The van der Waals surface area contributed by atoms with Gasteiger partial charge in [0, 0.05) is 18.9 Å². The Hall–Kier alpha value is -3.35. The number of carboxylic acids is 1. The molecule has 2 saturated carbocycles. The van der Waals surface area contributed by atoms with E-state index in [0.717, 1.165) is 30.4 Å². The van der Waals surface area contributed by atoms with E-state index in [1.165, 1.54) is 11.1 Å². The molecule has 0 spiro atoms. The SMILES string of the molecule is O=C(CC(CNC(=O)OCC1c2ccccc2-c2ccccc21)C1CC1)NC1(C(=O)O)CCC1. The summed E-state index contributed by atoms with van der Waals surface area (Å²) in [4.78, 5) is 36.6. The second-order valence-electron chi connectivity index (χ2n) is 9.80. The Morgan fingerprint density at radius 2 is 1.62 bits per heavy atom. The molecule has 7 heteroatoms. The smallest absolute Gasteiger partial charge is 0.407 e. The van der Waals surface area contributed by atoms with Crippen molar-refractivity contribution < 1.29 is 24.2 Å². The van der Waals surface area contributed by atoms with Gasteiger partial charge in [-0.25, -0.2) is 9.59 Å². The summed E-state index contributed by atoms with van der Waals surface area (Å²) in [5, 5.41) is 15.0. The van der Waals surface area contributed by atoms with Gasteiger partial charge < -0.3 is 20.5 Å². The minimum Gasteiger partial charge on any atom is -0.480 e. The molecule has 2 fully saturated rings. The number of ether oxygens (including phenoxy) is 1. The van der Waals surface area contributed by atoms with Crippen LogP contribution in [0.5, 0.6) is 0 Å². The Bertz CT molecular complexity index is 1060. The van der Waals surface area contributed by atoms with Gasteiger partial charge >= 0.3 is 12.1 Å². The number of rotatable bonds is 9. The first-order valence-electron chi connectivity index (χ1n) is 12.1. The Morgan fingerprint density at radius 3 is 2.15 bits per heavy atom. The number of carbonyl (C=O) groups is 3. The molecule has 2 aromatic carbocycles. The van der Waals surface area contributed by atoms with Gasteiger partial charge in [0.15, 0.2) is 0 Å². The molecule has 7 nitrogen and oxygen atoms in total. The van der Waals surface area contributed by atoms with Gasteiger partial charge in [0.2, 0.25) is 5.91 Å². The van der Waals surface area contributed by atoms with E-state index in [1.807, 2.05) is 24.3 Å². The second kappa shape index (κ2) is 9.12. The van der Waals surface area contributed by atoms with Crippen LogP contribution < -0.4 is 10.6 Å². The highest BCUT2D eigenvalue weighted by Gasteiger charge is 2.46. The van der Waals surface area contributed by atoms with E-state index in [9.17, 15) is 19.5 Å². The maximum Gasteiger partial charge on any atom is 0.407 e. The van der Waals surface area contributed by atoms with E-state index >= 15 is 0 Å². The number of hydrogen-bond donors (Lipinski definition) is 3. The zero-order valence-electron chi connectivity index (χ0n) is 19.1. The lowest BCUT2D eigenvalue weighted by Gasteiger charge is -2.38. The third kappa shape index (κ3) is 4.39. The van der Waals surface area contributed by atoms with Crippen molar-refractivity contribution in [1.82, 2.24) is 10.6 Å². The van der Waals surface area contributed by atoms with Gasteiger partial charge in [-0.1, -0.05) is 48.5 Å². The number of nitrogens with one attached hydrogen (secondary N) is 2. The molecule has 5 rings (SSSR count). The number of carboxylic acid groups (broad SMARTS) is 1. The maximum absolute atomic E-state index is 12.6. The molecule has 0 radical (unpaired) electrons. The molecule has 0 aromatic heterocycles. The summed E-state index contributed by atoms with van der Waals surface area (Å²) in [6.45, 7) is 0.588. The summed E-state index contributed by atoms with van der Waals surface area (Å²) in [6.07, 6.45) is 3.52. The highest BCUT2D eigenvalue weighted by Crippen LogP contribution is 2.44. The van der Waals surface area contributed by atoms with E-state index in [-0.39, 0.29) is 30.8 Å². The van der Waals surface area contributed by atoms with Crippen LogP contribution in [0.25, 0.3) is 11.1 Å². The highest BCUT2D eigenvalue weighted by molar-refractivity contribution is 5.88. The highest BCUT2D eigenvalue weighted by atomic mass is 16.5. The fourth-order valence-electron chi connectivity index (χ4n) is 5.32. The minimum absolute atomic E-state index is 0.00200. The molecule has 3 aliphatic rings. The molecule has 1 atom stereocenters. The predicted octanol–water partition coefficient (Wildman–Crippen LogP) is 4.06. The summed E-state index contributed by atoms with van der Waals surface area (Å²) in [6, 6.07) is 16.4. The van der Waals surface area contributed by atoms with Crippen LogP contribution >= 0.6 is 0 Å². The Kier molecular flexibility index (Phi) is 6.02. The number of amides is 2. The van der Waals surface area contributed by atoms with E-state index in [0.29, 0.717) is 25.3 Å². The lowest BCUT2D eigenvalue weighted by molar-refractivity contribution is -0.152. The fourth-order valence-corrected chi connectivity index (χ4v) is 5.32. The lowest BCUT2D eigenvalue weighted by Crippen LogP contribution is -2.59. The van der Waals surface area contributed by atoms with Gasteiger partial charge in [0.1, 0.15) is 12.1 Å². The molecule has 34 heavy (non-hydrogen) atoms. The molecule has 178 valence electrons. The van der Waals surface area contributed by atoms with Crippen molar-refractivity contribution in [2.45, 2.75) is 50.0 Å². The van der Waals surface area contributed by atoms with Crippen molar-refractivity contribution in [2.24, 2.45) is 11.8 Å². The van der Waals surface area contributed by atoms with E-state index in [1.54, 1.807) is 0 Å². The number of benzene rings is 2. The topological polar surface area (TPSA) is 105 Å². The molecule has 0 aliphatic heterocycles. The largest absolute Gasteiger partial charge is 0.480 e. The first-order chi connectivity index (χ1) is 16.5. The van der Waals surface area contributed by atoms with Crippen molar-refractivity contribution in [3.63, 3.8) is 0 Å². The number of fused-ring (bicyclic) bond motifs is 3. The molecular formula is C27H30N2O5. The summed E-state index contributed by atoms with van der Waals surface area (Å²) in [7, 11) is 0. The van der Waals surface area contributed by atoms with Crippen LogP contribution in [0.3, 0.4) is 0 Å². The number of hydrogen-bond acceptors (Lipinski definition) is 4. The van der Waals surface area contributed by atoms with Crippen LogP contribution in [0.1, 0.15) is 55.6 Å². The number of carbonyl (C=O) groups excluding carboxylic acids is 2. The molecular weight excluding hydrogens is 432 g/mol. The quantitative estimate of drug-likeness (QED) is 0.521. The molecule has 0 saturated heterocycles. The third-order valence-corrected chi connectivity index (χ3v) is 7.58. The van der Waals surface area contributed by atoms with Crippen molar-refractivity contribution in [3.05, 3.63) is 59.7 Å². The average molecular weight is 463 g/mol. The minimum atomic E-state index is -1.11. The Morgan fingerprint density at radius 1 is 1.00 bits per heavy atom. The standard InChI is InChI=1S/C27H30N2O5/c30-24(29-27(25(31)32)12-5-13-27)14-18(17-10-11-17)15-28-26(33)34-16-23-21-8-3-1-6-19(21)20-7-2-4-9-22(20)23/h1-4,6-9,17-18,23H,5,10-16H2,(H,28,33)(H,29,30)(H,31,32). The van der Waals surface area contributed by atoms with Gasteiger partial charge in [0.25, 0.3) is 0 Å². The fraction of sp³-hybridized carbons (Fsp3) is 0.444. The van der Waals surface area contributed by atoms with Gasteiger partial charge in [-0.3, -0.25) is 4.79 Å². The zero-order chi connectivity index (χ0) is 23.7. The van der Waals surface area contributed by atoms with Crippen LogP contribution in [0.15, 0.2) is 48.5 Å². The monoisotopic (exact) mass is 462 g/mol. The molecule has 3 N–H and O–H groups in total. The van der Waals surface area contributed by atoms with Crippen LogP contribution in [0.2, 0.25) is 0 Å². The van der Waals surface area contributed by atoms with Crippen LogP contribution in [0, 0.1) is 11.8 Å². The van der Waals surface area contributed by atoms with Crippen molar-refractivity contribution in [1.29, 1.82) is 0 Å². The van der Waals surface area contributed by atoms with Crippen molar-refractivity contribution >= 4 is 18.0 Å². The van der Waals surface area contributed by atoms with E-state index in [2.05, 4.69) is 34.9 Å². The van der Waals surface area contributed by atoms with Gasteiger partial charge in [-0.2, -0.15) is 0 Å². The molecule has 2 amide bonds. The molecule has 1 unspecified atom stereocenters. The first kappa shape index (κ1) is 22.4. The van der Waals surface area contributed by atoms with Crippen molar-refractivity contribution in [3.8, 4) is 11.1 Å². The molecule has 0 bridgehead atoms. The zero-order valence-corrected chi connectivity index (χ0v) is 19.1. The van der Waals surface area contributed by atoms with Crippen LogP contribution in [-0.2, 0) is 14.3 Å². The number of aliphatic carboxylic acids is 1. The Labute approximate surface area is 198 Å². The van der Waals surface area contributed by atoms with Gasteiger partial charge in [-0.05, 0) is 66.2 Å². The molecule has 0 heterocycles. The summed E-state index contributed by atoms with van der Waals surface area (Å²) in [5.41, 5.74) is 3.57. The third-order valence-electron chi connectivity index (χ3n) is 7.58. The summed E-state index contributed by atoms with van der Waals surface area (Å²) < 4.78 is 5.61. The summed E-state index contributed by atoms with van der Waals surface area (Å²) >= 11 is 0. The maximum atomic E-state index is 12.6. The molecule has 3 aliphatic carbocycles. The van der Waals surface area contributed by atoms with Gasteiger partial charge in [0.05, 0.1) is 0 Å². The first-order valence-corrected chi connectivity index (χ1v) is 12.1. The average Bonchev–Trinajstić information content (AvgIpc) is 3.60. The Balaban J connectivity index is 1.14. The van der Waals surface area contributed by atoms with E-state index in [4.69, 9.17) is 4.74 Å². The van der Waals surface area contributed by atoms with Crippen LogP contribution in [-0.4, -0.2) is 41.8 Å². The summed E-state index contributed by atoms with van der Waals surface area (Å²) in [5.74, 6) is -0.869.